The van der Waals surface area contributed by atoms with E-state index in [4.69, 9.17) is 5.73 Å². The van der Waals surface area contributed by atoms with Gasteiger partial charge in [-0.3, -0.25) is 19.6 Å². The van der Waals surface area contributed by atoms with Gasteiger partial charge in [-0.1, -0.05) is 24.3 Å². The lowest BCUT2D eigenvalue weighted by atomic mass is 9.94. The highest BCUT2D eigenvalue weighted by molar-refractivity contribution is 5.94. The van der Waals surface area contributed by atoms with Crippen LogP contribution in [0.3, 0.4) is 0 Å². The van der Waals surface area contributed by atoms with E-state index in [2.05, 4.69) is 15.3 Å². The summed E-state index contributed by atoms with van der Waals surface area (Å²) in [6, 6.07) is 16.3. The van der Waals surface area contributed by atoms with Gasteiger partial charge in [0.05, 0.1) is 18.2 Å². The van der Waals surface area contributed by atoms with Gasteiger partial charge in [0, 0.05) is 35.8 Å². The fourth-order valence-corrected chi connectivity index (χ4v) is 3.89. The molecule has 1 atom stereocenters. The van der Waals surface area contributed by atoms with Crippen LogP contribution in [0.2, 0.25) is 0 Å². The normalized spacial score (nSPS) is 11.6. The van der Waals surface area contributed by atoms with Crippen molar-refractivity contribution in [3.8, 4) is 11.1 Å². The highest BCUT2D eigenvalue weighted by Crippen LogP contribution is 2.29. The number of hydrogen-bond acceptors (Lipinski definition) is 4. The van der Waals surface area contributed by atoms with Crippen molar-refractivity contribution in [2.24, 2.45) is 5.73 Å². The average Bonchev–Trinajstić information content (AvgIpc) is 2.84. The van der Waals surface area contributed by atoms with E-state index < -0.39 is 23.6 Å². The van der Waals surface area contributed by atoms with E-state index in [-0.39, 0.29) is 18.7 Å². The SMILES string of the molecule is NC(=O)c1cccc(-c2cccnc2[C@H](Cc2cc(F)cc(F)c2)NC(=O)Cc2cccnc2)c1. The summed E-state index contributed by atoms with van der Waals surface area (Å²) in [4.78, 5) is 33.2. The van der Waals surface area contributed by atoms with Crippen LogP contribution in [0.25, 0.3) is 11.1 Å². The molecule has 0 saturated heterocycles. The lowest BCUT2D eigenvalue weighted by molar-refractivity contribution is -0.121. The maximum atomic E-state index is 13.9. The Kier molecular flexibility index (Phi) is 7.21. The predicted molar refractivity (Wildman–Crippen MR) is 127 cm³/mol. The van der Waals surface area contributed by atoms with E-state index in [0.29, 0.717) is 27.9 Å². The zero-order chi connectivity index (χ0) is 24.8. The van der Waals surface area contributed by atoms with E-state index in [0.717, 1.165) is 11.6 Å². The molecule has 0 unspecified atom stereocenters. The largest absolute Gasteiger partial charge is 0.366 e. The summed E-state index contributed by atoms with van der Waals surface area (Å²) >= 11 is 0. The van der Waals surface area contributed by atoms with Crippen LogP contribution >= 0.6 is 0 Å². The van der Waals surface area contributed by atoms with Crippen LogP contribution in [-0.2, 0) is 17.6 Å². The summed E-state index contributed by atoms with van der Waals surface area (Å²) in [5, 5.41) is 2.95. The van der Waals surface area contributed by atoms with Crippen molar-refractivity contribution >= 4 is 11.8 Å². The second-order valence-electron chi connectivity index (χ2n) is 8.02. The van der Waals surface area contributed by atoms with Gasteiger partial charge in [-0.15, -0.1) is 0 Å². The molecule has 2 heterocycles. The molecule has 0 radical (unpaired) electrons. The molecule has 0 bridgehead atoms. The standard InChI is InChI=1S/C27H22F2N4O2/c28-21-10-18(11-22(29)15-21)12-24(33-25(34)13-17-4-2-8-31-16-17)26-23(7-3-9-32-26)19-5-1-6-20(14-19)27(30)35/h1-11,14-16,24H,12-13H2,(H2,30,35)(H,33,34)/t24-/m0/s1. The molecule has 4 rings (SSSR count). The number of rotatable bonds is 8. The van der Waals surface area contributed by atoms with Crippen molar-refractivity contribution in [2.45, 2.75) is 18.9 Å². The molecule has 2 aromatic heterocycles. The van der Waals surface area contributed by atoms with Crippen LogP contribution in [0.5, 0.6) is 0 Å². The first kappa shape index (κ1) is 23.7. The molecule has 3 N–H and O–H groups in total. The lowest BCUT2D eigenvalue weighted by Crippen LogP contribution is -2.32. The van der Waals surface area contributed by atoms with Gasteiger partial charge >= 0.3 is 0 Å². The summed E-state index contributed by atoms with van der Waals surface area (Å²) in [6.07, 6.45) is 4.94. The number of aromatic nitrogens is 2. The third-order valence-electron chi connectivity index (χ3n) is 5.41. The lowest BCUT2D eigenvalue weighted by Gasteiger charge is -2.22. The minimum absolute atomic E-state index is 0.0706. The van der Waals surface area contributed by atoms with E-state index >= 15 is 0 Å². The van der Waals surface area contributed by atoms with Gasteiger partial charge in [-0.05, 0) is 59.5 Å². The Labute approximate surface area is 200 Å². The molecule has 4 aromatic rings. The monoisotopic (exact) mass is 472 g/mol. The van der Waals surface area contributed by atoms with E-state index in [9.17, 15) is 18.4 Å². The van der Waals surface area contributed by atoms with Gasteiger partial charge in [0.2, 0.25) is 11.8 Å². The minimum atomic E-state index is -0.714. The molecule has 6 nitrogen and oxygen atoms in total. The third-order valence-corrected chi connectivity index (χ3v) is 5.41. The fourth-order valence-electron chi connectivity index (χ4n) is 3.89. The van der Waals surface area contributed by atoms with Crippen molar-refractivity contribution < 1.29 is 18.4 Å². The molecule has 0 fully saturated rings. The van der Waals surface area contributed by atoms with Crippen LogP contribution in [0.1, 0.15) is 33.2 Å². The number of nitrogens with one attached hydrogen (secondary N) is 1. The van der Waals surface area contributed by atoms with Crippen LogP contribution in [0.4, 0.5) is 8.78 Å². The summed E-state index contributed by atoms with van der Waals surface area (Å²) in [6.45, 7) is 0. The zero-order valence-corrected chi connectivity index (χ0v) is 18.6. The molecular formula is C27H22F2N4O2. The molecule has 0 aliphatic carbocycles. The number of carbonyl (C=O) groups excluding carboxylic acids is 2. The topological polar surface area (TPSA) is 98.0 Å². The number of amides is 2. The quantitative estimate of drug-likeness (QED) is 0.402. The van der Waals surface area contributed by atoms with Gasteiger partial charge in [0.15, 0.2) is 0 Å². The highest BCUT2D eigenvalue weighted by Gasteiger charge is 2.22. The molecule has 8 heteroatoms. The van der Waals surface area contributed by atoms with E-state index in [1.807, 2.05) is 0 Å². The number of primary amides is 1. The Bertz CT molecular complexity index is 1340. The van der Waals surface area contributed by atoms with Crippen LogP contribution in [0, 0.1) is 11.6 Å². The number of benzene rings is 2. The Morgan fingerprint density at radius 3 is 2.40 bits per heavy atom. The second-order valence-corrected chi connectivity index (χ2v) is 8.02. The average molecular weight is 472 g/mol. The van der Waals surface area contributed by atoms with Crippen LogP contribution < -0.4 is 11.1 Å². The first-order valence-corrected chi connectivity index (χ1v) is 10.9. The van der Waals surface area contributed by atoms with Crippen molar-refractivity contribution in [2.75, 3.05) is 0 Å². The van der Waals surface area contributed by atoms with Gasteiger partial charge in [0.1, 0.15) is 11.6 Å². The molecule has 0 aliphatic heterocycles. The van der Waals surface area contributed by atoms with Crippen LogP contribution in [-0.4, -0.2) is 21.8 Å². The number of nitrogens with zero attached hydrogens (tertiary/aromatic N) is 2. The molecule has 0 aliphatic rings. The zero-order valence-electron chi connectivity index (χ0n) is 18.6. The van der Waals surface area contributed by atoms with Crippen molar-refractivity contribution in [3.05, 3.63) is 119 Å². The van der Waals surface area contributed by atoms with E-state index in [1.54, 1.807) is 67.1 Å². The highest BCUT2D eigenvalue weighted by atomic mass is 19.1. The molecule has 2 aromatic carbocycles. The van der Waals surface area contributed by atoms with Crippen molar-refractivity contribution in [1.82, 2.24) is 15.3 Å². The minimum Gasteiger partial charge on any atom is -0.366 e. The molecule has 2 amide bonds. The summed E-state index contributed by atoms with van der Waals surface area (Å²) < 4.78 is 27.8. The first-order valence-electron chi connectivity index (χ1n) is 10.9. The summed E-state index contributed by atoms with van der Waals surface area (Å²) in [5.41, 5.74) is 8.64. The smallest absolute Gasteiger partial charge is 0.248 e. The first-order chi connectivity index (χ1) is 16.9. The van der Waals surface area contributed by atoms with E-state index in [1.165, 1.54) is 12.1 Å². The van der Waals surface area contributed by atoms with Crippen molar-refractivity contribution in [1.29, 1.82) is 0 Å². The number of carbonyl (C=O) groups is 2. The summed E-state index contributed by atoms with van der Waals surface area (Å²) in [7, 11) is 0. The van der Waals surface area contributed by atoms with Gasteiger partial charge in [-0.25, -0.2) is 8.78 Å². The van der Waals surface area contributed by atoms with Crippen LogP contribution in [0.15, 0.2) is 85.3 Å². The summed E-state index contributed by atoms with van der Waals surface area (Å²) in [5.74, 6) is -2.30. The molecule has 176 valence electrons. The van der Waals surface area contributed by atoms with Gasteiger partial charge in [0.25, 0.3) is 0 Å². The third kappa shape index (κ3) is 6.11. The molecule has 0 saturated carbocycles. The fraction of sp³-hybridized carbons (Fsp3) is 0.111. The maximum Gasteiger partial charge on any atom is 0.248 e. The Morgan fingerprint density at radius 2 is 1.69 bits per heavy atom. The number of hydrogen-bond donors (Lipinski definition) is 2. The number of pyridine rings is 2. The van der Waals surface area contributed by atoms with Crippen molar-refractivity contribution in [3.63, 3.8) is 0 Å². The predicted octanol–water partition coefficient (Wildman–Crippen LogP) is 4.16. The van der Waals surface area contributed by atoms with Gasteiger partial charge < -0.3 is 11.1 Å². The Hall–Kier alpha value is -4.46. The Balaban J connectivity index is 1.72. The molecular weight excluding hydrogens is 450 g/mol. The van der Waals surface area contributed by atoms with Gasteiger partial charge in [-0.2, -0.15) is 0 Å². The second kappa shape index (κ2) is 10.6. The molecule has 35 heavy (non-hydrogen) atoms. The maximum absolute atomic E-state index is 13.9. The number of halogens is 2. The number of nitrogens with two attached hydrogens (primary N) is 1. The Morgan fingerprint density at radius 1 is 0.914 bits per heavy atom. The molecule has 0 spiro atoms.